The molecule has 0 spiro atoms. The molecule has 0 amide bonds. The summed E-state index contributed by atoms with van der Waals surface area (Å²) in [6.07, 6.45) is 4.71. The second-order valence-corrected chi connectivity index (χ2v) is 9.02. The first-order valence-corrected chi connectivity index (χ1v) is 11.2. The number of allylic oxidation sites excluding steroid dienone is 1. The molecule has 1 aromatic carbocycles. The molecule has 0 fully saturated rings. The van der Waals surface area contributed by atoms with Gasteiger partial charge >= 0.3 is 0 Å². The number of nitrogens with zero attached hydrogens (tertiary/aromatic N) is 3. The highest BCUT2D eigenvalue weighted by molar-refractivity contribution is 9.10. The normalized spacial score (nSPS) is 12.7. The average molecular weight is 494 g/mol. The molecule has 2 heterocycles. The molecule has 10 heteroatoms. The van der Waals surface area contributed by atoms with Gasteiger partial charge in [-0.2, -0.15) is 17.1 Å². The Bertz CT molecular complexity index is 1200. The zero-order valence-electron chi connectivity index (χ0n) is 15.4. The first-order chi connectivity index (χ1) is 13.9. The van der Waals surface area contributed by atoms with Gasteiger partial charge < -0.3 is 0 Å². The summed E-state index contributed by atoms with van der Waals surface area (Å²) in [5.41, 5.74) is 1.92. The summed E-state index contributed by atoms with van der Waals surface area (Å²) < 4.78 is 34.1. The van der Waals surface area contributed by atoms with Gasteiger partial charge in [0.2, 0.25) is 0 Å². The van der Waals surface area contributed by atoms with E-state index in [2.05, 4.69) is 35.2 Å². The second-order valence-electron chi connectivity index (χ2n) is 5.79. The number of fused-ring (bicyclic) bond motifs is 1. The molecule has 0 saturated heterocycles. The fraction of sp³-hybridized carbons (Fsp3) is 0.105. The van der Waals surface area contributed by atoms with E-state index in [9.17, 15) is 8.42 Å². The van der Waals surface area contributed by atoms with Crippen LogP contribution in [0.1, 0.15) is 12.6 Å². The van der Waals surface area contributed by atoms with Crippen LogP contribution in [0.15, 0.2) is 72.9 Å². The fourth-order valence-electron chi connectivity index (χ4n) is 2.34. The van der Waals surface area contributed by atoms with Crippen molar-refractivity contribution in [2.75, 3.05) is 7.11 Å². The Morgan fingerprint density at radius 2 is 2.07 bits per heavy atom. The van der Waals surface area contributed by atoms with Crippen LogP contribution in [-0.2, 0) is 19.2 Å². The summed E-state index contributed by atoms with van der Waals surface area (Å²) in [4.78, 5) is 13.9. The third-order valence-corrected chi connectivity index (χ3v) is 6.50. The Morgan fingerprint density at radius 1 is 1.24 bits per heavy atom. The van der Waals surface area contributed by atoms with Gasteiger partial charge in [0, 0.05) is 27.2 Å². The molecule has 0 N–H and O–H groups in total. The molecule has 2 aromatic heterocycles. The van der Waals surface area contributed by atoms with E-state index in [1.165, 1.54) is 19.4 Å². The zero-order chi connectivity index (χ0) is 20.9. The van der Waals surface area contributed by atoms with Gasteiger partial charge in [0.25, 0.3) is 10.0 Å². The van der Waals surface area contributed by atoms with Crippen molar-refractivity contribution >= 4 is 61.3 Å². The van der Waals surface area contributed by atoms with Crippen LogP contribution in [0.25, 0.3) is 17.1 Å². The molecule has 0 aliphatic carbocycles. The van der Waals surface area contributed by atoms with Crippen LogP contribution in [0.3, 0.4) is 0 Å². The van der Waals surface area contributed by atoms with Gasteiger partial charge in [0.15, 0.2) is 5.65 Å². The molecule has 0 bridgehead atoms. The van der Waals surface area contributed by atoms with Gasteiger partial charge in [-0.15, -0.1) is 0 Å². The number of pyridine rings is 2. The number of benzene rings is 1. The average Bonchev–Trinajstić information content (AvgIpc) is 2.70. The Labute approximate surface area is 181 Å². The predicted octanol–water partition coefficient (Wildman–Crippen LogP) is 4.84. The molecule has 3 rings (SSSR count). The van der Waals surface area contributed by atoms with Gasteiger partial charge in [-0.05, 0) is 77.0 Å². The lowest BCUT2D eigenvalue weighted by molar-refractivity contribution is -0.160. The molecular formula is C19H16BrN3O4S2. The Hall–Kier alpha value is -2.11. The van der Waals surface area contributed by atoms with Crippen molar-refractivity contribution < 1.29 is 17.6 Å². The van der Waals surface area contributed by atoms with Crippen LogP contribution in [0, 0.1) is 0 Å². The molecule has 0 radical (unpaired) electrons. The summed E-state index contributed by atoms with van der Waals surface area (Å²) in [5, 5.41) is 0.931. The molecule has 7 nitrogen and oxygen atoms in total. The lowest BCUT2D eigenvalue weighted by Crippen LogP contribution is -1.99. The van der Waals surface area contributed by atoms with E-state index in [4.69, 9.17) is 4.33 Å². The van der Waals surface area contributed by atoms with Crippen LogP contribution < -0.4 is 0 Å². The third-order valence-electron chi connectivity index (χ3n) is 3.64. The predicted molar refractivity (Wildman–Crippen MR) is 117 cm³/mol. The van der Waals surface area contributed by atoms with Crippen LogP contribution in [-0.4, -0.2) is 31.7 Å². The minimum absolute atomic E-state index is 0.0522. The summed E-state index contributed by atoms with van der Waals surface area (Å²) in [5.74, 6) is 0. The number of aromatic nitrogens is 2. The number of hydrogen-bond acceptors (Lipinski definition) is 7. The quantitative estimate of drug-likeness (QED) is 0.201. The van der Waals surface area contributed by atoms with Crippen LogP contribution in [0.4, 0.5) is 0 Å². The maximum atomic E-state index is 12.6. The Balaban J connectivity index is 1.80. The van der Waals surface area contributed by atoms with Crippen molar-refractivity contribution in [3.8, 4) is 0 Å². The lowest BCUT2D eigenvalue weighted by atomic mass is 10.2. The minimum atomic E-state index is -3.88. The van der Waals surface area contributed by atoms with Crippen molar-refractivity contribution in [3.63, 3.8) is 0 Å². The molecular weight excluding hydrogens is 478 g/mol. The van der Waals surface area contributed by atoms with E-state index in [1.807, 2.05) is 24.3 Å². The maximum Gasteiger partial charge on any atom is 0.283 e. The van der Waals surface area contributed by atoms with Gasteiger partial charge in [0.1, 0.15) is 4.90 Å². The van der Waals surface area contributed by atoms with Crippen molar-refractivity contribution in [1.82, 2.24) is 9.97 Å². The first-order valence-electron chi connectivity index (χ1n) is 8.26. The van der Waals surface area contributed by atoms with Crippen LogP contribution in [0.2, 0.25) is 0 Å². The monoisotopic (exact) mass is 493 g/mol. The number of halogens is 1. The van der Waals surface area contributed by atoms with E-state index in [0.29, 0.717) is 26.3 Å². The zero-order valence-corrected chi connectivity index (χ0v) is 18.7. The smallest absolute Gasteiger partial charge is 0.237 e. The molecule has 0 unspecified atom stereocenters. The largest absolute Gasteiger partial charge is 0.283 e. The van der Waals surface area contributed by atoms with Gasteiger partial charge in [-0.3, -0.25) is 0 Å². The highest BCUT2D eigenvalue weighted by Gasteiger charge is 2.16. The summed E-state index contributed by atoms with van der Waals surface area (Å²) >= 11 is 4.23. The molecule has 3 aromatic rings. The van der Waals surface area contributed by atoms with E-state index >= 15 is 0 Å². The fourth-order valence-corrected chi connectivity index (χ4v) is 4.89. The SMILES string of the molecule is COOSc1ccc(S(=O)(=O)N=CC(C)=Cc2ccc3cccnc3n2)c(Br)c1. The standard InChI is InChI=1S/C19H16BrN3O4S2/c1-13(10-15-6-5-14-4-3-9-21-19(14)23-15)12-22-29(24,25)18-8-7-16(11-17(18)20)28-27-26-2/h3-12H,1-2H3. The van der Waals surface area contributed by atoms with E-state index in [1.54, 1.807) is 31.3 Å². The minimum Gasteiger partial charge on any atom is -0.237 e. The van der Waals surface area contributed by atoms with E-state index in [-0.39, 0.29) is 4.90 Å². The van der Waals surface area contributed by atoms with Crippen molar-refractivity contribution in [3.05, 3.63) is 64.4 Å². The Kier molecular flexibility index (Phi) is 7.14. The lowest BCUT2D eigenvalue weighted by Gasteiger charge is -2.05. The second kappa shape index (κ2) is 9.59. The topological polar surface area (TPSA) is 90.7 Å². The molecule has 0 aliphatic rings. The molecule has 29 heavy (non-hydrogen) atoms. The maximum absolute atomic E-state index is 12.6. The summed E-state index contributed by atoms with van der Waals surface area (Å²) in [6, 6.07) is 12.2. The highest BCUT2D eigenvalue weighted by atomic mass is 79.9. The van der Waals surface area contributed by atoms with Crippen molar-refractivity contribution in [2.24, 2.45) is 4.40 Å². The Morgan fingerprint density at radius 3 is 2.83 bits per heavy atom. The molecule has 0 atom stereocenters. The number of hydrogen-bond donors (Lipinski definition) is 0. The highest BCUT2D eigenvalue weighted by Crippen LogP contribution is 2.29. The van der Waals surface area contributed by atoms with Crippen molar-refractivity contribution in [1.29, 1.82) is 0 Å². The first kappa shape index (κ1) is 21.6. The van der Waals surface area contributed by atoms with Gasteiger partial charge in [-0.1, -0.05) is 0 Å². The van der Waals surface area contributed by atoms with Crippen LogP contribution >= 0.6 is 28.0 Å². The number of sulfonamides is 1. The molecule has 0 aliphatic heterocycles. The summed E-state index contributed by atoms with van der Waals surface area (Å²) in [7, 11) is -2.50. The van der Waals surface area contributed by atoms with Gasteiger partial charge in [-0.25, -0.2) is 14.9 Å². The van der Waals surface area contributed by atoms with E-state index in [0.717, 1.165) is 17.4 Å². The third kappa shape index (κ3) is 5.71. The van der Waals surface area contributed by atoms with Gasteiger partial charge in [0.05, 0.1) is 24.8 Å². The van der Waals surface area contributed by atoms with E-state index < -0.39 is 10.0 Å². The molecule has 150 valence electrons. The number of rotatable bonds is 7. The summed E-state index contributed by atoms with van der Waals surface area (Å²) in [6.45, 7) is 1.75. The molecule has 0 saturated carbocycles. The van der Waals surface area contributed by atoms with Crippen LogP contribution in [0.5, 0.6) is 0 Å². The van der Waals surface area contributed by atoms with Crippen molar-refractivity contribution in [2.45, 2.75) is 16.7 Å².